The summed E-state index contributed by atoms with van der Waals surface area (Å²) in [6.07, 6.45) is 0.595. The average molecular weight is 342 g/mol. The maximum absolute atomic E-state index is 11.9. The molecule has 4 nitrogen and oxygen atoms in total. The van der Waals surface area contributed by atoms with Crippen molar-refractivity contribution in [3.8, 4) is 5.75 Å². The van der Waals surface area contributed by atoms with E-state index in [1.165, 1.54) is 0 Å². The number of halogens is 1. The Kier molecular flexibility index (Phi) is 4.58. The fourth-order valence-electron chi connectivity index (χ4n) is 2.02. The second-order valence-corrected chi connectivity index (χ2v) is 6.82. The fraction of sp³-hybridized carbons (Fsp3) is 0.533. The summed E-state index contributed by atoms with van der Waals surface area (Å²) in [7, 11) is 0. The van der Waals surface area contributed by atoms with E-state index in [0.717, 1.165) is 16.6 Å². The molecule has 0 radical (unpaired) electrons. The minimum atomic E-state index is -0.457. The van der Waals surface area contributed by atoms with Gasteiger partial charge >= 0.3 is 6.09 Å². The molecule has 0 saturated carbocycles. The van der Waals surface area contributed by atoms with E-state index in [9.17, 15) is 4.79 Å². The van der Waals surface area contributed by atoms with Crippen molar-refractivity contribution in [3.63, 3.8) is 0 Å². The highest BCUT2D eigenvalue weighted by atomic mass is 79.9. The van der Waals surface area contributed by atoms with Crippen molar-refractivity contribution in [1.82, 2.24) is 4.90 Å². The van der Waals surface area contributed by atoms with E-state index in [-0.39, 0.29) is 12.2 Å². The molecule has 1 heterocycles. The van der Waals surface area contributed by atoms with Gasteiger partial charge in [0.05, 0.1) is 6.54 Å². The zero-order valence-electron chi connectivity index (χ0n) is 12.1. The lowest BCUT2D eigenvalue weighted by atomic mass is 10.2. The van der Waals surface area contributed by atoms with Crippen molar-refractivity contribution in [3.05, 3.63) is 28.7 Å². The van der Waals surface area contributed by atoms with Crippen molar-refractivity contribution < 1.29 is 14.3 Å². The molecule has 1 saturated heterocycles. The molecule has 0 aromatic heterocycles. The SMILES string of the molecule is CC(C)(C)OC(=O)N1CC[C@@H](Oc2ccc(Br)cc2)C1. The first-order valence-electron chi connectivity index (χ1n) is 6.74. The number of nitrogens with zero attached hydrogens (tertiary/aromatic N) is 1. The smallest absolute Gasteiger partial charge is 0.410 e. The lowest BCUT2D eigenvalue weighted by Gasteiger charge is -2.24. The highest BCUT2D eigenvalue weighted by Crippen LogP contribution is 2.22. The minimum absolute atomic E-state index is 0.0312. The fourth-order valence-corrected chi connectivity index (χ4v) is 2.29. The molecule has 2 rings (SSSR count). The Morgan fingerprint density at radius 1 is 1.30 bits per heavy atom. The molecular formula is C15H20BrNO3. The predicted octanol–water partition coefficient (Wildman–Crippen LogP) is 3.84. The Bertz CT molecular complexity index is 467. The molecule has 0 N–H and O–H groups in total. The zero-order chi connectivity index (χ0) is 14.8. The number of benzene rings is 1. The van der Waals surface area contributed by atoms with Crippen LogP contribution >= 0.6 is 15.9 Å². The summed E-state index contributed by atoms with van der Waals surface area (Å²) < 4.78 is 12.3. The molecule has 5 heteroatoms. The van der Waals surface area contributed by atoms with E-state index in [1.54, 1.807) is 4.90 Å². The number of amides is 1. The first kappa shape index (κ1) is 15.2. The third-order valence-corrected chi connectivity index (χ3v) is 3.44. The van der Waals surface area contributed by atoms with Crippen LogP contribution in [0.25, 0.3) is 0 Å². The molecule has 0 spiro atoms. The number of hydrogen-bond donors (Lipinski definition) is 0. The van der Waals surface area contributed by atoms with E-state index in [0.29, 0.717) is 13.1 Å². The molecule has 1 aromatic rings. The molecule has 1 aromatic carbocycles. The monoisotopic (exact) mass is 341 g/mol. The molecule has 1 amide bonds. The van der Waals surface area contributed by atoms with E-state index in [4.69, 9.17) is 9.47 Å². The summed E-state index contributed by atoms with van der Waals surface area (Å²) in [4.78, 5) is 13.6. The lowest BCUT2D eigenvalue weighted by Crippen LogP contribution is -2.36. The molecular weight excluding hydrogens is 322 g/mol. The molecule has 0 unspecified atom stereocenters. The quantitative estimate of drug-likeness (QED) is 0.820. The van der Waals surface area contributed by atoms with Crippen LogP contribution in [0, 0.1) is 0 Å². The van der Waals surface area contributed by atoms with Crippen LogP contribution in [0.4, 0.5) is 4.79 Å². The summed E-state index contributed by atoms with van der Waals surface area (Å²) in [5.74, 6) is 0.823. The summed E-state index contributed by atoms with van der Waals surface area (Å²) in [6, 6.07) is 7.71. The van der Waals surface area contributed by atoms with Gasteiger partial charge in [-0.25, -0.2) is 4.79 Å². The summed E-state index contributed by atoms with van der Waals surface area (Å²) in [6.45, 7) is 6.87. The van der Waals surface area contributed by atoms with Gasteiger partial charge in [0.1, 0.15) is 17.5 Å². The highest BCUT2D eigenvalue weighted by Gasteiger charge is 2.30. The largest absolute Gasteiger partial charge is 0.489 e. The van der Waals surface area contributed by atoms with Crippen LogP contribution in [-0.2, 0) is 4.74 Å². The summed E-state index contributed by atoms with van der Waals surface area (Å²) in [5, 5.41) is 0. The third kappa shape index (κ3) is 4.40. The number of carbonyl (C=O) groups is 1. The Balaban J connectivity index is 1.86. The van der Waals surface area contributed by atoms with Crippen molar-refractivity contribution in [2.45, 2.75) is 38.9 Å². The van der Waals surface area contributed by atoms with Gasteiger partial charge in [0.15, 0.2) is 0 Å². The first-order chi connectivity index (χ1) is 9.33. The molecule has 1 atom stereocenters. The molecule has 110 valence electrons. The van der Waals surface area contributed by atoms with E-state index in [1.807, 2.05) is 45.0 Å². The van der Waals surface area contributed by atoms with Crippen LogP contribution in [0.5, 0.6) is 5.75 Å². The van der Waals surface area contributed by atoms with Crippen LogP contribution in [-0.4, -0.2) is 35.8 Å². The van der Waals surface area contributed by atoms with Crippen molar-refractivity contribution in [1.29, 1.82) is 0 Å². The van der Waals surface area contributed by atoms with E-state index in [2.05, 4.69) is 15.9 Å². The Morgan fingerprint density at radius 3 is 2.55 bits per heavy atom. The number of hydrogen-bond acceptors (Lipinski definition) is 3. The molecule has 1 aliphatic rings. The van der Waals surface area contributed by atoms with Crippen LogP contribution in [0.1, 0.15) is 27.2 Å². The van der Waals surface area contributed by atoms with E-state index < -0.39 is 5.60 Å². The van der Waals surface area contributed by atoms with E-state index >= 15 is 0 Å². The lowest BCUT2D eigenvalue weighted by molar-refractivity contribution is 0.0275. The second-order valence-electron chi connectivity index (χ2n) is 5.91. The van der Waals surface area contributed by atoms with Gasteiger partial charge in [0.25, 0.3) is 0 Å². The van der Waals surface area contributed by atoms with Gasteiger partial charge in [-0.1, -0.05) is 15.9 Å². The topological polar surface area (TPSA) is 38.8 Å². The number of ether oxygens (including phenoxy) is 2. The number of likely N-dealkylation sites (tertiary alicyclic amines) is 1. The van der Waals surface area contributed by atoms with Crippen molar-refractivity contribution in [2.75, 3.05) is 13.1 Å². The summed E-state index contributed by atoms with van der Waals surface area (Å²) >= 11 is 3.39. The first-order valence-corrected chi connectivity index (χ1v) is 7.53. The van der Waals surface area contributed by atoms with Gasteiger partial charge < -0.3 is 14.4 Å². The Labute approximate surface area is 128 Å². The standard InChI is InChI=1S/C15H20BrNO3/c1-15(2,3)20-14(18)17-9-8-13(10-17)19-12-6-4-11(16)5-7-12/h4-7,13H,8-10H2,1-3H3/t13-/m1/s1. The van der Waals surface area contributed by atoms with Gasteiger partial charge in [0.2, 0.25) is 0 Å². The number of rotatable bonds is 2. The third-order valence-electron chi connectivity index (χ3n) is 2.91. The Morgan fingerprint density at radius 2 is 1.95 bits per heavy atom. The normalized spacial score (nSPS) is 19.0. The minimum Gasteiger partial charge on any atom is -0.489 e. The Hall–Kier alpha value is -1.23. The van der Waals surface area contributed by atoms with Crippen LogP contribution in [0.3, 0.4) is 0 Å². The van der Waals surface area contributed by atoms with Crippen molar-refractivity contribution >= 4 is 22.0 Å². The predicted molar refractivity (Wildman–Crippen MR) is 81.0 cm³/mol. The second kappa shape index (κ2) is 6.04. The molecule has 1 fully saturated rings. The molecule has 0 aliphatic carbocycles. The van der Waals surface area contributed by atoms with Crippen LogP contribution < -0.4 is 4.74 Å². The maximum atomic E-state index is 11.9. The number of carbonyl (C=O) groups excluding carboxylic acids is 1. The highest BCUT2D eigenvalue weighted by molar-refractivity contribution is 9.10. The molecule has 0 bridgehead atoms. The van der Waals surface area contributed by atoms with Crippen LogP contribution in [0.15, 0.2) is 28.7 Å². The van der Waals surface area contributed by atoms with Gasteiger partial charge in [-0.05, 0) is 45.0 Å². The van der Waals surface area contributed by atoms with Gasteiger partial charge in [-0.2, -0.15) is 0 Å². The van der Waals surface area contributed by atoms with Crippen molar-refractivity contribution in [2.24, 2.45) is 0 Å². The average Bonchev–Trinajstić information content (AvgIpc) is 2.79. The molecule has 20 heavy (non-hydrogen) atoms. The summed E-state index contributed by atoms with van der Waals surface area (Å²) in [5.41, 5.74) is -0.457. The van der Waals surface area contributed by atoms with Gasteiger partial charge in [0, 0.05) is 17.4 Å². The van der Waals surface area contributed by atoms with Crippen LogP contribution in [0.2, 0.25) is 0 Å². The van der Waals surface area contributed by atoms with Gasteiger partial charge in [-0.3, -0.25) is 0 Å². The van der Waals surface area contributed by atoms with Gasteiger partial charge in [-0.15, -0.1) is 0 Å². The maximum Gasteiger partial charge on any atom is 0.410 e. The molecule has 1 aliphatic heterocycles. The zero-order valence-corrected chi connectivity index (χ0v) is 13.6.